The fourth-order valence-corrected chi connectivity index (χ4v) is 4.02. The van der Waals surface area contributed by atoms with Gasteiger partial charge in [-0.1, -0.05) is 0 Å². The van der Waals surface area contributed by atoms with E-state index in [-0.39, 0.29) is 5.60 Å². The summed E-state index contributed by atoms with van der Waals surface area (Å²) in [6.45, 7) is 5.70. The second kappa shape index (κ2) is 7.29. The average molecular weight is 353 g/mol. The smallest absolute Gasteiger partial charge is 0.225 e. The standard InChI is InChI=1S/C20H27N5O/c1-16-12-22-19(23-13-16)25-9-5-20(6-10-25)11-18(15-26-20)24(2)14-17-3-7-21-8-4-17/h3-4,7-8,12-13,18H,5-6,9-11,14-15H2,1-2H3/t18-/m0/s1. The minimum Gasteiger partial charge on any atom is -0.373 e. The van der Waals surface area contributed by atoms with E-state index in [1.165, 1.54) is 5.56 Å². The van der Waals surface area contributed by atoms with Gasteiger partial charge in [0.05, 0.1) is 12.2 Å². The van der Waals surface area contributed by atoms with Crippen LogP contribution < -0.4 is 4.90 Å². The number of nitrogens with zero attached hydrogens (tertiary/aromatic N) is 5. The van der Waals surface area contributed by atoms with Gasteiger partial charge < -0.3 is 9.64 Å². The summed E-state index contributed by atoms with van der Waals surface area (Å²) in [7, 11) is 2.20. The van der Waals surface area contributed by atoms with E-state index in [1.807, 2.05) is 31.7 Å². The van der Waals surface area contributed by atoms with Crippen molar-refractivity contribution in [3.05, 3.63) is 48.0 Å². The van der Waals surface area contributed by atoms with Gasteiger partial charge in [-0.3, -0.25) is 9.88 Å². The van der Waals surface area contributed by atoms with Crippen LogP contribution in [0.25, 0.3) is 0 Å². The Morgan fingerprint density at radius 1 is 1.19 bits per heavy atom. The fraction of sp³-hybridized carbons (Fsp3) is 0.550. The fourth-order valence-electron chi connectivity index (χ4n) is 4.02. The van der Waals surface area contributed by atoms with Crippen LogP contribution in [0.3, 0.4) is 0 Å². The number of pyridine rings is 1. The molecular formula is C20H27N5O. The minimum atomic E-state index is 0.0262. The highest BCUT2D eigenvalue weighted by atomic mass is 16.5. The minimum absolute atomic E-state index is 0.0262. The van der Waals surface area contributed by atoms with Crippen molar-refractivity contribution in [2.75, 3.05) is 31.6 Å². The van der Waals surface area contributed by atoms with E-state index in [9.17, 15) is 0 Å². The number of piperidine rings is 1. The highest BCUT2D eigenvalue weighted by molar-refractivity contribution is 5.31. The number of ether oxygens (including phenoxy) is 1. The molecule has 2 aromatic heterocycles. The van der Waals surface area contributed by atoms with Crippen molar-refractivity contribution in [1.82, 2.24) is 19.9 Å². The number of rotatable bonds is 4. The van der Waals surface area contributed by atoms with Crippen molar-refractivity contribution in [2.45, 2.75) is 44.4 Å². The van der Waals surface area contributed by atoms with E-state index in [4.69, 9.17) is 4.74 Å². The maximum atomic E-state index is 6.33. The molecule has 0 saturated carbocycles. The molecule has 1 spiro atoms. The lowest BCUT2D eigenvalue weighted by molar-refractivity contribution is -0.0159. The topological polar surface area (TPSA) is 54.4 Å². The molecule has 2 aliphatic heterocycles. The van der Waals surface area contributed by atoms with Crippen LogP contribution in [0.5, 0.6) is 0 Å². The zero-order valence-electron chi connectivity index (χ0n) is 15.6. The molecule has 0 aliphatic carbocycles. The van der Waals surface area contributed by atoms with E-state index < -0.39 is 0 Å². The summed E-state index contributed by atoms with van der Waals surface area (Å²) in [5.74, 6) is 0.842. The molecule has 26 heavy (non-hydrogen) atoms. The Balaban J connectivity index is 1.33. The summed E-state index contributed by atoms with van der Waals surface area (Å²) in [5, 5.41) is 0. The molecule has 1 atom stereocenters. The maximum Gasteiger partial charge on any atom is 0.225 e. The molecule has 4 rings (SSSR count). The average Bonchev–Trinajstić information content (AvgIpc) is 3.08. The highest BCUT2D eigenvalue weighted by Gasteiger charge is 2.44. The lowest BCUT2D eigenvalue weighted by Crippen LogP contribution is -2.45. The van der Waals surface area contributed by atoms with Crippen molar-refractivity contribution in [3.63, 3.8) is 0 Å². The predicted molar refractivity (Wildman–Crippen MR) is 101 cm³/mol. The molecule has 4 heterocycles. The summed E-state index contributed by atoms with van der Waals surface area (Å²) < 4.78 is 6.33. The van der Waals surface area contributed by atoms with Crippen molar-refractivity contribution in [2.24, 2.45) is 0 Å². The van der Waals surface area contributed by atoms with Crippen LogP contribution >= 0.6 is 0 Å². The predicted octanol–water partition coefficient (Wildman–Crippen LogP) is 2.44. The Morgan fingerprint density at radius 3 is 2.58 bits per heavy atom. The summed E-state index contributed by atoms with van der Waals surface area (Å²) >= 11 is 0. The number of aryl methyl sites for hydroxylation is 1. The molecule has 6 heteroatoms. The van der Waals surface area contributed by atoms with Gasteiger partial charge >= 0.3 is 0 Å². The van der Waals surface area contributed by atoms with E-state index in [0.29, 0.717) is 6.04 Å². The van der Waals surface area contributed by atoms with Crippen molar-refractivity contribution in [1.29, 1.82) is 0 Å². The van der Waals surface area contributed by atoms with Gasteiger partial charge in [0, 0.05) is 50.5 Å². The summed E-state index contributed by atoms with van der Waals surface area (Å²) in [6, 6.07) is 4.65. The molecule has 0 aromatic carbocycles. The van der Waals surface area contributed by atoms with E-state index in [2.05, 4.69) is 43.9 Å². The van der Waals surface area contributed by atoms with Crippen LogP contribution in [0.1, 0.15) is 30.4 Å². The molecule has 0 N–H and O–H groups in total. The largest absolute Gasteiger partial charge is 0.373 e. The number of anilines is 1. The van der Waals surface area contributed by atoms with Gasteiger partial charge in [0.15, 0.2) is 0 Å². The van der Waals surface area contributed by atoms with Gasteiger partial charge in [-0.25, -0.2) is 9.97 Å². The summed E-state index contributed by atoms with van der Waals surface area (Å²) in [4.78, 5) is 17.7. The van der Waals surface area contributed by atoms with Gasteiger partial charge in [-0.15, -0.1) is 0 Å². The molecule has 138 valence electrons. The number of hydrogen-bond acceptors (Lipinski definition) is 6. The Kier molecular flexibility index (Phi) is 4.87. The zero-order chi connectivity index (χ0) is 18.0. The molecule has 0 bridgehead atoms. The van der Waals surface area contributed by atoms with Crippen LogP contribution in [0.15, 0.2) is 36.9 Å². The zero-order valence-corrected chi connectivity index (χ0v) is 15.6. The van der Waals surface area contributed by atoms with Gasteiger partial charge in [0.2, 0.25) is 5.95 Å². The van der Waals surface area contributed by atoms with Crippen LogP contribution in [0.2, 0.25) is 0 Å². The molecule has 2 aromatic rings. The summed E-state index contributed by atoms with van der Waals surface area (Å²) in [5.41, 5.74) is 2.43. The van der Waals surface area contributed by atoms with Crippen LogP contribution in [-0.4, -0.2) is 58.2 Å². The third-order valence-corrected chi connectivity index (χ3v) is 5.72. The summed E-state index contributed by atoms with van der Waals surface area (Å²) in [6.07, 6.45) is 10.7. The van der Waals surface area contributed by atoms with Crippen molar-refractivity contribution in [3.8, 4) is 0 Å². The molecule has 6 nitrogen and oxygen atoms in total. The SMILES string of the molecule is Cc1cnc(N2CCC3(CC2)C[C@H](N(C)Cc2ccncc2)CO3)nc1. The van der Waals surface area contributed by atoms with Crippen LogP contribution in [0, 0.1) is 6.92 Å². The van der Waals surface area contributed by atoms with Crippen molar-refractivity contribution >= 4 is 5.95 Å². The van der Waals surface area contributed by atoms with E-state index in [1.54, 1.807) is 0 Å². The third-order valence-electron chi connectivity index (χ3n) is 5.72. The second-order valence-corrected chi connectivity index (χ2v) is 7.67. The molecule has 0 unspecified atom stereocenters. The maximum absolute atomic E-state index is 6.33. The molecular weight excluding hydrogens is 326 g/mol. The van der Waals surface area contributed by atoms with Gasteiger partial charge in [-0.2, -0.15) is 0 Å². The van der Waals surface area contributed by atoms with E-state index in [0.717, 1.165) is 57.0 Å². The molecule has 0 radical (unpaired) electrons. The van der Waals surface area contributed by atoms with Gasteiger partial charge in [-0.05, 0) is 56.5 Å². The number of hydrogen-bond donors (Lipinski definition) is 0. The van der Waals surface area contributed by atoms with Crippen LogP contribution in [-0.2, 0) is 11.3 Å². The molecule has 2 saturated heterocycles. The Morgan fingerprint density at radius 2 is 1.88 bits per heavy atom. The van der Waals surface area contributed by atoms with Gasteiger partial charge in [0.25, 0.3) is 0 Å². The molecule has 2 aliphatic rings. The van der Waals surface area contributed by atoms with Crippen LogP contribution in [0.4, 0.5) is 5.95 Å². The second-order valence-electron chi connectivity index (χ2n) is 7.67. The first-order valence-electron chi connectivity index (χ1n) is 9.40. The molecule has 2 fully saturated rings. The number of aromatic nitrogens is 3. The first kappa shape index (κ1) is 17.4. The van der Waals surface area contributed by atoms with Gasteiger partial charge in [0.1, 0.15) is 0 Å². The normalized spacial score (nSPS) is 22.3. The lowest BCUT2D eigenvalue weighted by Gasteiger charge is -2.39. The van der Waals surface area contributed by atoms with Crippen molar-refractivity contribution < 1.29 is 4.74 Å². The number of likely N-dealkylation sites (N-methyl/N-ethyl adjacent to an activating group) is 1. The third kappa shape index (κ3) is 3.71. The lowest BCUT2D eigenvalue weighted by atomic mass is 9.87. The Labute approximate surface area is 155 Å². The highest BCUT2D eigenvalue weighted by Crippen LogP contribution is 2.38. The van der Waals surface area contributed by atoms with E-state index >= 15 is 0 Å². The monoisotopic (exact) mass is 353 g/mol. The molecule has 0 amide bonds. The Hall–Kier alpha value is -2.05. The first-order valence-corrected chi connectivity index (χ1v) is 9.40. The Bertz CT molecular complexity index is 713. The quantitative estimate of drug-likeness (QED) is 0.842. The first-order chi connectivity index (χ1) is 12.6.